The third-order valence-electron chi connectivity index (χ3n) is 4.74. The number of hydrogen-bond acceptors (Lipinski definition) is 2. The van der Waals surface area contributed by atoms with Gasteiger partial charge >= 0.3 is 0 Å². The molecule has 1 aliphatic rings. The first kappa shape index (κ1) is 17.5. The number of carbonyl (C=O) groups excluding carboxylic acids is 2. The molecule has 5 heteroatoms. The topological polar surface area (TPSA) is 49.4 Å². The largest absolute Gasteiger partial charge is 0.335 e. The van der Waals surface area contributed by atoms with Crippen molar-refractivity contribution in [1.29, 1.82) is 0 Å². The summed E-state index contributed by atoms with van der Waals surface area (Å²) in [6, 6.07) is 15.2. The average Bonchev–Trinajstić information content (AvgIpc) is 3.00. The fourth-order valence-corrected chi connectivity index (χ4v) is 3.33. The molecule has 1 saturated heterocycles. The second-order valence-electron chi connectivity index (χ2n) is 6.48. The summed E-state index contributed by atoms with van der Waals surface area (Å²) in [5.74, 6) is -0.474. The molecule has 4 nitrogen and oxygen atoms in total. The molecule has 25 heavy (non-hydrogen) atoms. The first-order chi connectivity index (χ1) is 12.0. The molecule has 130 valence electrons. The average molecular weight is 357 g/mol. The molecule has 2 amide bonds. The van der Waals surface area contributed by atoms with Gasteiger partial charge in [-0.1, -0.05) is 48.0 Å². The van der Waals surface area contributed by atoms with Gasteiger partial charge in [-0.25, -0.2) is 0 Å². The Bertz CT molecular complexity index is 792. The van der Waals surface area contributed by atoms with Crippen molar-refractivity contribution in [1.82, 2.24) is 4.90 Å². The number of rotatable bonds is 4. The fourth-order valence-electron chi connectivity index (χ4n) is 3.16. The van der Waals surface area contributed by atoms with Crippen molar-refractivity contribution in [3.63, 3.8) is 0 Å². The maximum absolute atomic E-state index is 12.6. The summed E-state index contributed by atoms with van der Waals surface area (Å²) < 4.78 is 0. The highest BCUT2D eigenvalue weighted by Crippen LogP contribution is 2.29. The van der Waals surface area contributed by atoms with Crippen molar-refractivity contribution in [2.45, 2.75) is 26.3 Å². The Balaban J connectivity index is 1.69. The third kappa shape index (κ3) is 3.85. The van der Waals surface area contributed by atoms with Crippen molar-refractivity contribution >= 4 is 29.1 Å². The van der Waals surface area contributed by atoms with Crippen LogP contribution in [0.2, 0.25) is 5.02 Å². The van der Waals surface area contributed by atoms with Gasteiger partial charge in [-0.05, 0) is 37.1 Å². The minimum absolute atomic E-state index is 0.0133. The van der Waals surface area contributed by atoms with Crippen molar-refractivity contribution < 1.29 is 9.59 Å². The van der Waals surface area contributed by atoms with Crippen LogP contribution in [0.15, 0.2) is 48.5 Å². The van der Waals surface area contributed by atoms with E-state index in [2.05, 4.69) is 5.32 Å². The van der Waals surface area contributed by atoms with Gasteiger partial charge in [-0.15, -0.1) is 0 Å². The number of hydrogen-bond donors (Lipinski definition) is 1. The molecule has 3 rings (SSSR count). The van der Waals surface area contributed by atoms with Crippen LogP contribution >= 0.6 is 11.6 Å². The Kier molecular flexibility index (Phi) is 5.09. The maximum Gasteiger partial charge on any atom is 0.229 e. The van der Waals surface area contributed by atoms with Crippen molar-refractivity contribution in [2.24, 2.45) is 5.92 Å². The zero-order valence-corrected chi connectivity index (χ0v) is 15.1. The number of nitrogens with zero attached hydrogens (tertiary/aromatic N) is 1. The summed E-state index contributed by atoms with van der Waals surface area (Å²) in [6.07, 6.45) is 0.239. The molecule has 0 radical (unpaired) electrons. The standard InChI is InChI=1S/C20H21ClN2O2/c1-13-8-9-17(21)11-18(13)22-20(25)16-10-19(24)23(12-16)14(2)15-6-4-3-5-7-15/h3-9,11,14,16H,10,12H2,1-2H3,(H,22,25)/t14-,16+/m1/s1. The number of halogens is 1. The van der Waals surface area contributed by atoms with Crippen LogP contribution in [-0.2, 0) is 9.59 Å². The lowest BCUT2D eigenvalue weighted by molar-refractivity contribution is -0.129. The Morgan fingerprint density at radius 3 is 2.68 bits per heavy atom. The zero-order chi connectivity index (χ0) is 18.0. The van der Waals surface area contributed by atoms with Crippen molar-refractivity contribution in [2.75, 3.05) is 11.9 Å². The maximum atomic E-state index is 12.6. The number of nitrogens with one attached hydrogen (secondary N) is 1. The minimum atomic E-state index is -0.350. The first-order valence-corrected chi connectivity index (χ1v) is 8.75. The molecule has 1 heterocycles. The number of benzene rings is 2. The molecule has 1 N–H and O–H groups in total. The van der Waals surface area contributed by atoms with Gasteiger partial charge in [0.1, 0.15) is 0 Å². The number of anilines is 1. The third-order valence-corrected chi connectivity index (χ3v) is 4.97. The summed E-state index contributed by atoms with van der Waals surface area (Å²) in [5.41, 5.74) is 2.71. The molecule has 0 aliphatic carbocycles. The monoisotopic (exact) mass is 356 g/mol. The minimum Gasteiger partial charge on any atom is -0.335 e. The predicted molar refractivity (Wildman–Crippen MR) is 99.5 cm³/mol. The molecule has 2 aromatic carbocycles. The van der Waals surface area contributed by atoms with E-state index in [0.717, 1.165) is 11.1 Å². The molecule has 2 aromatic rings. The SMILES string of the molecule is Cc1ccc(Cl)cc1NC(=O)[C@H]1CC(=O)N([C@H](C)c2ccccc2)C1. The first-order valence-electron chi connectivity index (χ1n) is 8.37. The quantitative estimate of drug-likeness (QED) is 0.892. The van der Waals surface area contributed by atoms with Gasteiger partial charge < -0.3 is 10.2 Å². The molecule has 0 unspecified atom stereocenters. The fraction of sp³-hybridized carbons (Fsp3) is 0.300. The van der Waals surface area contributed by atoms with E-state index in [4.69, 9.17) is 11.6 Å². The molecular weight excluding hydrogens is 336 g/mol. The highest BCUT2D eigenvalue weighted by Gasteiger charge is 2.37. The highest BCUT2D eigenvalue weighted by molar-refractivity contribution is 6.31. The van der Waals surface area contributed by atoms with Crippen LogP contribution in [0.3, 0.4) is 0 Å². The number of aryl methyl sites for hydroxylation is 1. The van der Waals surface area contributed by atoms with E-state index in [9.17, 15) is 9.59 Å². The number of carbonyl (C=O) groups is 2. The molecule has 0 bridgehead atoms. The van der Waals surface area contributed by atoms with Gasteiger partial charge in [0.15, 0.2) is 0 Å². The lowest BCUT2D eigenvalue weighted by Crippen LogP contribution is -2.30. The molecule has 1 fully saturated rings. The van der Waals surface area contributed by atoms with Crippen LogP contribution < -0.4 is 5.32 Å². The van der Waals surface area contributed by atoms with Crippen LogP contribution in [0.1, 0.15) is 30.5 Å². The molecular formula is C20H21ClN2O2. The van der Waals surface area contributed by atoms with Crippen LogP contribution in [0.5, 0.6) is 0 Å². The van der Waals surface area contributed by atoms with E-state index >= 15 is 0 Å². The van der Waals surface area contributed by atoms with E-state index in [-0.39, 0.29) is 30.2 Å². The number of amides is 2. The van der Waals surface area contributed by atoms with E-state index in [1.54, 1.807) is 17.0 Å². The van der Waals surface area contributed by atoms with Crippen LogP contribution in [0.4, 0.5) is 5.69 Å². The van der Waals surface area contributed by atoms with Gasteiger partial charge in [0.05, 0.1) is 12.0 Å². The Morgan fingerprint density at radius 2 is 1.96 bits per heavy atom. The summed E-state index contributed by atoms with van der Waals surface area (Å²) in [4.78, 5) is 26.8. The molecule has 1 aliphatic heterocycles. The number of likely N-dealkylation sites (tertiary alicyclic amines) is 1. The molecule has 0 spiro atoms. The van der Waals surface area contributed by atoms with Gasteiger partial charge in [0.2, 0.25) is 11.8 Å². The second kappa shape index (κ2) is 7.28. The van der Waals surface area contributed by atoms with Crippen LogP contribution in [0, 0.1) is 12.8 Å². The van der Waals surface area contributed by atoms with Gasteiger partial charge in [-0.3, -0.25) is 9.59 Å². The van der Waals surface area contributed by atoms with E-state index in [1.807, 2.05) is 50.2 Å². The van der Waals surface area contributed by atoms with Crippen molar-refractivity contribution in [3.05, 3.63) is 64.7 Å². The van der Waals surface area contributed by atoms with Gasteiger partial charge in [0.25, 0.3) is 0 Å². The molecule has 2 atom stereocenters. The summed E-state index contributed by atoms with van der Waals surface area (Å²) in [6.45, 7) is 4.34. The Labute approximate surface area is 152 Å². The normalized spacial score (nSPS) is 18.3. The lowest BCUT2D eigenvalue weighted by atomic mass is 10.1. The van der Waals surface area contributed by atoms with E-state index in [1.165, 1.54) is 0 Å². The second-order valence-corrected chi connectivity index (χ2v) is 6.92. The van der Waals surface area contributed by atoms with Gasteiger partial charge in [0, 0.05) is 23.7 Å². The van der Waals surface area contributed by atoms with Gasteiger partial charge in [-0.2, -0.15) is 0 Å². The molecule has 0 saturated carbocycles. The summed E-state index contributed by atoms with van der Waals surface area (Å²) in [7, 11) is 0. The van der Waals surface area contributed by atoms with Crippen molar-refractivity contribution in [3.8, 4) is 0 Å². The van der Waals surface area contributed by atoms with E-state index < -0.39 is 0 Å². The van der Waals surface area contributed by atoms with Crippen LogP contribution in [0.25, 0.3) is 0 Å². The lowest BCUT2D eigenvalue weighted by Gasteiger charge is -2.25. The van der Waals surface area contributed by atoms with E-state index in [0.29, 0.717) is 17.3 Å². The zero-order valence-electron chi connectivity index (χ0n) is 14.3. The smallest absolute Gasteiger partial charge is 0.229 e. The summed E-state index contributed by atoms with van der Waals surface area (Å²) in [5, 5.41) is 3.48. The Hall–Kier alpha value is -2.33. The Morgan fingerprint density at radius 1 is 1.24 bits per heavy atom. The summed E-state index contributed by atoms with van der Waals surface area (Å²) >= 11 is 6.00. The highest BCUT2D eigenvalue weighted by atomic mass is 35.5. The predicted octanol–water partition coefficient (Wildman–Crippen LogP) is 4.20. The molecule has 0 aromatic heterocycles. The van der Waals surface area contributed by atoms with Crippen LogP contribution in [-0.4, -0.2) is 23.3 Å².